The minimum absolute atomic E-state index is 0.0686. The van der Waals surface area contributed by atoms with Crippen molar-refractivity contribution in [2.24, 2.45) is 13.0 Å². The Bertz CT molecular complexity index is 1510. The van der Waals surface area contributed by atoms with Gasteiger partial charge in [0.15, 0.2) is 6.20 Å². The van der Waals surface area contributed by atoms with E-state index in [1.807, 2.05) is 11.3 Å². The Labute approximate surface area is 201 Å². The van der Waals surface area contributed by atoms with Crippen LogP contribution in [-0.2, 0) is 18.9 Å². The van der Waals surface area contributed by atoms with E-state index in [0.29, 0.717) is 5.92 Å². The first-order valence-electron chi connectivity index (χ1n) is 12.0. The Hall–Kier alpha value is -2.71. The summed E-state index contributed by atoms with van der Waals surface area (Å²) in [5, 5.41) is 5.50. The predicted octanol–water partition coefficient (Wildman–Crippen LogP) is 8.50. The molecular weight excluding hydrogens is 418 g/mol. The van der Waals surface area contributed by atoms with Gasteiger partial charge in [-0.15, -0.1) is 11.3 Å². The molecule has 0 atom stereocenters. The van der Waals surface area contributed by atoms with Crippen LogP contribution >= 0.6 is 11.3 Å². The Balaban J connectivity index is 1.89. The number of hydrogen-bond donors (Lipinski definition) is 0. The molecule has 0 aliphatic carbocycles. The van der Waals surface area contributed by atoms with Crippen molar-refractivity contribution in [3.63, 3.8) is 0 Å². The Morgan fingerprint density at radius 1 is 0.848 bits per heavy atom. The van der Waals surface area contributed by atoms with E-state index in [1.54, 1.807) is 0 Å². The average molecular weight is 453 g/mol. The lowest BCUT2D eigenvalue weighted by Gasteiger charge is -2.24. The van der Waals surface area contributed by atoms with Gasteiger partial charge in [-0.25, -0.2) is 0 Å². The minimum atomic E-state index is 0.0686. The number of rotatable bonds is 3. The third-order valence-corrected chi connectivity index (χ3v) is 8.18. The smallest absolute Gasteiger partial charge is 0.200 e. The van der Waals surface area contributed by atoms with Crippen LogP contribution < -0.4 is 4.57 Å². The van der Waals surface area contributed by atoms with Gasteiger partial charge in [0.1, 0.15) is 11.7 Å². The minimum Gasteiger partial charge on any atom is -0.200 e. The van der Waals surface area contributed by atoms with Crippen molar-refractivity contribution >= 4 is 42.3 Å². The number of fused-ring (bicyclic) bond motifs is 4. The van der Waals surface area contributed by atoms with E-state index in [2.05, 4.69) is 114 Å². The van der Waals surface area contributed by atoms with Gasteiger partial charge < -0.3 is 0 Å². The van der Waals surface area contributed by atoms with Crippen LogP contribution in [0, 0.1) is 12.8 Å². The maximum Gasteiger partial charge on any atom is 0.230 e. The molecule has 2 heterocycles. The van der Waals surface area contributed by atoms with Crippen molar-refractivity contribution in [2.45, 2.75) is 53.4 Å². The van der Waals surface area contributed by atoms with Gasteiger partial charge in [-0.05, 0) is 58.2 Å². The van der Waals surface area contributed by atoms with Gasteiger partial charge >= 0.3 is 0 Å². The van der Waals surface area contributed by atoms with Gasteiger partial charge in [-0.3, -0.25) is 0 Å². The molecule has 0 N–H and O–H groups in total. The second kappa shape index (κ2) is 7.95. The number of aryl methyl sites for hydroxylation is 2. The van der Waals surface area contributed by atoms with E-state index in [0.717, 1.165) is 6.42 Å². The summed E-state index contributed by atoms with van der Waals surface area (Å²) in [5.74, 6) is 0.647. The average Bonchev–Trinajstić information content (AvgIpc) is 3.13. The molecule has 0 aliphatic heterocycles. The molecule has 33 heavy (non-hydrogen) atoms. The molecule has 5 rings (SSSR count). The van der Waals surface area contributed by atoms with Crippen LogP contribution in [0.15, 0.2) is 60.8 Å². The Kier molecular flexibility index (Phi) is 5.33. The van der Waals surface area contributed by atoms with Crippen LogP contribution in [0.1, 0.15) is 51.3 Å². The van der Waals surface area contributed by atoms with Gasteiger partial charge in [-0.1, -0.05) is 77.1 Å². The number of aromatic nitrogens is 1. The van der Waals surface area contributed by atoms with Crippen molar-refractivity contribution in [2.75, 3.05) is 0 Å². The molecule has 2 heteroatoms. The summed E-state index contributed by atoms with van der Waals surface area (Å²) < 4.78 is 5.16. The van der Waals surface area contributed by atoms with E-state index in [1.165, 1.54) is 58.9 Å². The fraction of sp³-hybridized carbons (Fsp3) is 0.323. The summed E-state index contributed by atoms with van der Waals surface area (Å²) in [5.41, 5.74) is 7.00. The van der Waals surface area contributed by atoms with E-state index < -0.39 is 0 Å². The second-order valence-electron chi connectivity index (χ2n) is 10.9. The summed E-state index contributed by atoms with van der Waals surface area (Å²) in [7, 11) is 2.19. The van der Waals surface area contributed by atoms with Gasteiger partial charge in [-0.2, -0.15) is 4.57 Å². The van der Waals surface area contributed by atoms with Crippen LogP contribution in [0.2, 0.25) is 0 Å². The molecule has 0 saturated carbocycles. The summed E-state index contributed by atoms with van der Waals surface area (Å²) in [4.78, 5) is 0. The topological polar surface area (TPSA) is 3.88 Å². The third-order valence-electron chi connectivity index (χ3n) is 6.87. The van der Waals surface area contributed by atoms with E-state index in [-0.39, 0.29) is 5.41 Å². The monoisotopic (exact) mass is 452 g/mol. The predicted molar refractivity (Wildman–Crippen MR) is 145 cm³/mol. The first-order chi connectivity index (χ1) is 15.7. The van der Waals surface area contributed by atoms with Crippen molar-refractivity contribution in [3.05, 3.63) is 77.5 Å². The third kappa shape index (κ3) is 3.65. The molecule has 168 valence electrons. The number of nitrogens with zero attached hydrogens (tertiary/aromatic N) is 1. The molecular formula is C31H34NS+. The lowest BCUT2D eigenvalue weighted by Crippen LogP contribution is -2.30. The van der Waals surface area contributed by atoms with Crippen molar-refractivity contribution in [1.29, 1.82) is 0 Å². The van der Waals surface area contributed by atoms with Gasteiger partial charge in [0.2, 0.25) is 5.69 Å². The maximum absolute atomic E-state index is 2.46. The molecule has 1 nitrogen and oxygen atoms in total. The standard InChI is InChI=1S/C31H34NS/c1-19(2)17-21-11-10-14-24-25-15-16-32(7)28(30(25)33-29(21)24)26-18-27(31(4,5)6)23-13-9-8-12-22(23)20(26)3/h8-16,18-19H,17H2,1-7H3/q+1. The van der Waals surface area contributed by atoms with Crippen LogP contribution in [0.25, 0.3) is 42.2 Å². The molecule has 0 saturated heterocycles. The van der Waals surface area contributed by atoms with E-state index >= 15 is 0 Å². The Morgan fingerprint density at radius 2 is 1.52 bits per heavy atom. The fourth-order valence-corrected chi connectivity index (χ4v) is 6.67. The van der Waals surface area contributed by atoms with Crippen LogP contribution in [0.3, 0.4) is 0 Å². The van der Waals surface area contributed by atoms with Crippen LogP contribution in [0.4, 0.5) is 0 Å². The molecule has 2 aromatic heterocycles. The fourth-order valence-electron chi connectivity index (χ4n) is 5.26. The quantitative estimate of drug-likeness (QED) is 0.242. The van der Waals surface area contributed by atoms with Gasteiger partial charge in [0.05, 0.1) is 5.56 Å². The van der Waals surface area contributed by atoms with Crippen molar-refractivity contribution < 1.29 is 4.57 Å². The zero-order valence-corrected chi connectivity index (χ0v) is 21.7. The summed E-state index contributed by atoms with van der Waals surface area (Å²) in [6.07, 6.45) is 3.36. The maximum atomic E-state index is 2.46. The highest BCUT2D eigenvalue weighted by atomic mass is 32.1. The number of hydrogen-bond acceptors (Lipinski definition) is 1. The van der Waals surface area contributed by atoms with E-state index in [9.17, 15) is 0 Å². The first-order valence-corrected chi connectivity index (χ1v) is 12.8. The first kappa shape index (κ1) is 22.1. The highest BCUT2D eigenvalue weighted by Gasteiger charge is 2.26. The van der Waals surface area contributed by atoms with Crippen LogP contribution in [-0.4, -0.2) is 0 Å². The lowest BCUT2D eigenvalue weighted by molar-refractivity contribution is -0.659. The van der Waals surface area contributed by atoms with Crippen molar-refractivity contribution in [3.8, 4) is 11.3 Å². The molecule has 0 unspecified atom stereocenters. The molecule has 0 amide bonds. The highest BCUT2D eigenvalue weighted by molar-refractivity contribution is 7.26. The zero-order chi connectivity index (χ0) is 23.5. The Morgan fingerprint density at radius 3 is 2.21 bits per heavy atom. The molecule has 0 fully saturated rings. The summed E-state index contributed by atoms with van der Waals surface area (Å²) in [6, 6.07) is 20.5. The van der Waals surface area contributed by atoms with E-state index in [4.69, 9.17) is 0 Å². The van der Waals surface area contributed by atoms with Gasteiger partial charge in [0.25, 0.3) is 0 Å². The second-order valence-corrected chi connectivity index (χ2v) is 11.9. The molecule has 0 bridgehead atoms. The highest BCUT2D eigenvalue weighted by Crippen LogP contribution is 2.43. The SMILES string of the molecule is Cc1c(-c2c3sc4c(CC(C)C)cccc4c3cc[n+]2C)cc(C(C)(C)C)c2ccccc12. The summed E-state index contributed by atoms with van der Waals surface area (Å²) >= 11 is 1.97. The number of benzene rings is 3. The molecule has 0 radical (unpaired) electrons. The lowest BCUT2D eigenvalue weighted by atomic mass is 9.80. The zero-order valence-electron chi connectivity index (χ0n) is 20.9. The summed E-state index contributed by atoms with van der Waals surface area (Å²) in [6.45, 7) is 13.9. The number of thiophene rings is 1. The number of pyridine rings is 1. The normalized spacial score (nSPS) is 12.5. The molecule has 5 aromatic rings. The largest absolute Gasteiger partial charge is 0.230 e. The van der Waals surface area contributed by atoms with Crippen LogP contribution in [0.5, 0.6) is 0 Å². The van der Waals surface area contributed by atoms with Crippen molar-refractivity contribution in [1.82, 2.24) is 0 Å². The molecule has 0 spiro atoms. The molecule has 3 aromatic carbocycles. The molecule has 0 aliphatic rings. The van der Waals surface area contributed by atoms with Gasteiger partial charge in [0, 0.05) is 21.5 Å².